The van der Waals surface area contributed by atoms with Gasteiger partial charge in [-0.25, -0.2) is 0 Å². The number of rotatable bonds is 6. The Balaban J connectivity index is 3.01. The van der Waals surface area contributed by atoms with Crippen LogP contribution in [0.5, 0.6) is 0 Å². The second-order valence-electron chi connectivity index (χ2n) is 5.04. The smallest absolute Gasteiger partial charge is 0.310 e. The van der Waals surface area contributed by atoms with Gasteiger partial charge in [-0.1, -0.05) is 20.8 Å². The van der Waals surface area contributed by atoms with E-state index in [1.54, 1.807) is 0 Å². The number of aromatic nitrogens is 1. The monoisotopic (exact) mass is 274 g/mol. The summed E-state index contributed by atoms with van der Waals surface area (Å²) in [5.41, 5.74) is -0.338. The van der Waals surface area contributed by atoms with E-state index in [-0.39, 0.29) is 11.6 Å². The van der Waals surface area contributed by atoms with Gasteiger partial charge in [-0.2, -0.15) is 13.2 Å². The molecule has 0 aliphatic rings. The summed E-state index contributed by atoms with van der Waals surface area (Å²) in [7, 11) is 0. The molecule has 1 unspecified atom stereocenters. The van der Waals surface area contributed by atoms with Gasteiger partial charge in [0.1, 0.15) is 0 Å². The Morgan fingerprint density at radius 2 is 1.95 bits per heavy atom. The van der Waals surface area contributed by atoms with E-state index in [1.807, 2.05) is 6.92 Å². The van der Waals surface area contributed by atoms with Gasteiger partial charge in [-0.15, -0.1) is 0 Å². The van der Waals surface area contributed by atoms with E-state index in [2.05, 4.69) is 24.1 Å². The lowest BCUT2D eigenvalue weighted by molar-refractivity contribution is -0.138. The van der Waals surface area contributed by atoms with Crippen LogP contribution in [0.3, 0.4) is 0 Å². The summed E-state index contributed by atoms with van der Waals surface area (Å²) in [4.78, 5) is 3.85. The highest BCUT2D eigenvalue weighted by Gasteiger charge is 2.35. The Kier molecular flexibility index (Phi) is 5.79. The molecule has 1 atom stereocenters. The lowest BCUT2D eigenvalue weighted by Gasteiger charge is -2.22. The summed E-state index contributed by atoms with van der Waals surface area (Å²) in [6.07, 6.45) is -0.248. The van der Waals surface area contributed by atoms with Crippen LogP contribution in [0, 0.1) is 5.92 Å². The Morgan fingerprint density at radius 3 is 2.47 bits per heavy atom. The molecule has 0 fully saturated rings. The van der Waals surface area contributed by atoms with Gasteiger partial charge in [-0.05, 0) is 36.9 Å². The Morgan fingerprint density at radius 1 is 1.26 bits per heavy atom. The van der Waals surface area contributed by atoms with E-state index in [0.29, 0.717) is 18.9 Å². The number of alkyl halides is 3. The summed E-state index contributed by atoms with van der Waals surface area (Å²) >= 11 is 0. The van der Waals surface area contributed by atoms with Crippen LogP contribution in [-0.4, -0.2) is 11.5 Å². The predicted molar refractivity (Wildman–Crippen MR) is 69.7 cm³/mol. The summed E-state index contributed by atoms with van der Waals surface area (Å²) < 4.78 is 39.0. The molecule has 0 radical (unpaired) electrons. The molecular weight excluding hydrogens is 253 g/mol. The number of nitrogens with zero attached hydrogens (tertiary/aromatic N) is 1. The fourth-order valence-corrected chi connectivity index (χ4v) is 2.06. The molecule has 19 heavy (non-hydrogen) atoms. The number of nitrogens with one attached hydrogen (secondary N) is 1. The first-order valence-corrected chi connectivity index (χ1v) is 6.60. The van der Waals surface area contributed by atoms with E-state index < -0.39 is 11.7 Å². The molecule has 0 aliphatic heterocycles. The molecule has 0 saturated heterocycles. The van der Waals surface area contributed by atoms with Crippen molar-refractivity contribution in [2.45, 2.75) is 45.8 Å². The van der Waals surface area contributed by atoms with Gasteiger partial charge in [0.15, 0.2) is 0 Å². The maximum atomic E-state index is 13.0. The highest BCUT2D eigenvalue weighted by atomic mass is 19.4. The third-order valence-electron chi connectivity index (χ3n) is 3.02. The zero-order valence-electron chi connectivity index (χ0n) is 11.6. The van der Waals surface area contributed by atoms with Crippen molar-refractivity contribution in [3.8, 4) is 0 Å². The van der Waals surface area contributed by atoms with Gasteiger partial charge in [0.05, 0.1) is 5.56 Å². The minimum absolute atomic E-state index is 0.248. The van der Waals surface area contributed by atoms with Crippen molar-refractivity contribution >= 4 is 0 Å². The summed E-state index contributed by atoms with van der Waals surface area (Å²) in [5.74, 6) is 0.465. The zero-order valence-corrected chi connectivity index (χ0v) is 11.6. The van der Waals surface area contributed by atoms with E-state index >= 15 is 0 Å². The Bertz CT molecular complexity index is 389. The first-order valence-electron chi connectivity index (χ1n) is 6.60. The fourth-order valence-electron chi connectivity index (χ4n) is 2.06. The number of hydrogen-bond acceptors (Lipinski definition) is 2. The van der Waals surface area contributed by atoms with Crippen LogP contribution >= 0.6 is 0 Å². The standard InChI is InChI=1S/C14H21F3N2/c1-4-19-13(6-5-10(2)3)11-9-18-8-7-12(11)14(15,16)17/h7-10,13,19H,4-6H2,1-3H3. The number of halogens is 3. The van der Waals surface area contributed by atoms with Crippen molar-refractivity contribution in [3.63, 3.8) is 0 Å². The molecule has 0 bridgehead atoms. The summed E-state index contributed by atoms with van der Waals surface area (Å²) in [6.45, 7) is 6.66. The van der Waals surface area contributed by atoms with Gasteiger partial charge < -0.3 is 5.32 Å². The van der Waals surface area contributed by atoms with Gasteiger partial charge in [0, 0.05) is 18.4 Å². The van der Waals surface area contributed by atoms with Gasteiger partial charge in [0.2, 0.25) is 0 Å². The molecule has 1 aromatic rings. The highest BCUT2D eigenvalue weighted by molar-refractivity contribution is 5.29. The Labute approximate surface area is 112 Å². The van der Waals surface area contributed by atoms with E-state index in [4.69, 9.17) is 0 Å². The molecule has 5 heteroatoms. The van der Waals surface area contributed by atoms with Crippen molar-refractivity contribution in [2.75, 3.05) is 6.54 Å². The molecule has 0 saturated carbocycles. The highest BCUT2D eigenvalue weighted by Crippen LogP contribution is 2.35. The minimum Gasteiger partial charge on any atom is -0.310 e. The molecule has 0 amide bonds. The Hall–Kier alpha value is -1.10. The largest absolute Gasteiger partial charge is 0.416 e. The third-order valence-corrected chi connectivity index (χ3v) is 3.02. The molecule has 1 N–H and O–H groups in total. The van der Waals surface area contributed by atoms with E-state index in [9.17, 15) is 13.2 Å². The lowest BCUT2D eigenvalue weighted by Crippen LogP contribution is -2.24. The topological polar surface area (TPSA) is 24.9 Å². The fraction of sp³-hybridized carbons (Fsp3) is 0.643. The molecule has 1 rings (SSSR count). The van der Waals surface area contributed by atoms with Crippen LogP contribution < -0.4 is 5.32 Å². The SMILES string of the molecule is CCNC(CCC(C)C)c1cnccc1C(F)(F)F. The van der Waals surface area contributed by atoms with Crippen molar-refractivity contribution in [1.29, 1.82) is 0 Å². The van der Waals surface area contributed by atoms with Crippen LogP contribution in [0.2, 0.25) is 0 Å². The molecule has 0 aromatic carbocycles. The quantitative estimate of drug-likeness (QED) is 0.841. The molecule has 108 valence electrons. The van der Waals surface area contributed by atoms with Gasteiger partial charge >= 0.3 is 6.18 Å². The van der Waals surface area contributed by atoms with Gasteiger partial charge in [0.25, 0.3) is 0 Å². The minimum atomic E-state index is -4.33. The average Bonchev–Trinajstić information content (AvgIpc) is 2.33. The lowest BCUT2D eigenvalue weighted by atomic mass is 9.95. The van der Waals surface area contributed by atoms with E-state index in [0.717, 1.165) is 12.5 Å². The molecule has 0 aliphatic carbocycles. The number of pyridine rings is 1. The molecule has 1 aromatic heterocycles. The first-order chi connectivity index (χ1) is 8.86. The van der Waals surface area contributed by atoms with E-state index in [1.165, 1.54) is 12.4 Å². The normalized spacial score (nSPS) is 13.8. The molecule has 0 spiro atoms. The van der Waals surface area contributed by atoms with Crippen LogP contribution in [-0.2, 0) is 6.18 Å². The second-order valence-corrected chi connectivity index (χ2v) is 5.04. The van der Waals surface area contributed by atoms with Gasteiger partial charge in [-0.3, -0.25) is 4.98 Å². The molecule has 2 nitrogen and oxygen atoms in total. The van der Waals surface area contributed by atoms with Crippen LogP contribution in [0.1, 0.15) is 50.8 Å². The van der Waals surface area contributed by atoms with Crippen molar-refractivity contribution in [2.24, 2.45) is 5.92 Å². The van der Waals surface area contributed by atoms with Crippen molar-refractivity contribution < 1.29 is 13.2 Å². The molecule has 1 heterocycles. The van der Waals surface area contributed by atoms with Crippen molar-refractivity contribution in [3.05, 3.63) is 29.6 Å². The maximum absolute atomic E-state index is 13.0. The molecular formula is C14H21F3N2. The van der Waals surface area contributed by atoms with Crippen LogP contribution in [0.4, 0.5) is 13.2 Å². The summed E-state index contributed by atoms with van der Waals surface area (Å²) in [5, 5.41) is 3.13. The summed E-state index contributed by atoms with van der Waals surface area (Å²) in [6, 6.07) is 0.757. The first kappa shape index (κ1) is 16.0. The predicted octanol–water partition coefficient (Wildman–Crippen LogP) is 4.19. The maximum Gasteiger partial charge on any atom is 0.416 e. The van der Waals surface area contributed by atoms with Crippen LogP contribution in [0.25, 0.3) is 0 Å². The van der Waals surface area contributed by atoms with Crippen molar-refractivity contribution in [1.82, 2.24) is 10.3 Å². The average molecular weight is 274 g/mol. The van der Waals surface area contributed by atoms with Crippen LogP contribution in [0.15, 0.2) is 18.5 Å². The zero-order chi connectivity index (χ0) is 14.5. The second kappa shape index (κ2) is 6.89. The third kappa shape index (κ3) is 4.82. The number of hydrogen-bond donors (Lipinski definition) is 1.